The van der Waals surface area contributed by atoms with Crippen LogP contribution in [0.2, 0.25) is 0 Å². The van der Waals surface area contributed by atoms with E-state index in [0.717, 1.165) is 11.1 Å². The lowest BCUT2D eigenvalue weighted by Crippen LogP contribution is -2.04. The van der Waals surface area contributed by atoms with Gasteiger partial charge >= 0.3 is 0 Å². The van der Waals surface area contributed by atoms with E-state index in [0.29, 0.717) is 26.8 Å². The lowest BCUT2D eigenvalue weighted by Gasteiger charge is -2.10. The van der Waals surface area contributed by atoms with E-state index in [-0.39, 0.29) is 11.5 Å². The molecule has 0 unspecified atom stereocenters. The van der Waals surface area contributed by atoms with Crippen molar-refractivity contribution in [3.05, 3.63) is 56.2 Å². The Morgan fingerprint density at radius 1 is 1.17 bits per heavy atom. The number of fused-ring (bicyclic) bond motifs is 1. The Kier molecular flexibility index (Phi) is 3.90. The van der Waals surface area contributed by atoms with Crippen LogP contribution in [0.4, 0.5) is 0 Å². The van der Waals surface area contributed by atoms with Crippen molar-refractivity contribution in [1.82, 2.24) is 0 Å². The molecule has 4 nitrogen and oxygen atoms in total. The summed E-state index contributed by atoms with van der Waals surface area (Å²) < 4.78 is 11.8. The van der Waals surface area contributed by atoms with Crippen LogP contribution in [0.3, 0.4) is 0 Å². The van der Waals surface area contributed by atoms with Gasteiger partial charge in [0, 0.05) is 5.56 Å². The van der Waals surface area contributed by atoms with Gasteiger partial charge in [-0.25, -0.2) is 0 Å². The minimum atomic E-state index is -0.431. The monoisotopic (exact) mass is 374 g/mol. The Bertz CT molecular complexity index is 973. The molecule has 23 heavy (non-hydrogen) atoms. The second-order valence-corrected chi connectivity index (χ2v) is 6.27. The van der Waals surface area contributed by atoms with E-state index in [1.54, 1.807) is 31.4 Å². The maximum Gasteiger partial charge on any atom is 0.235 e. The zero-order chi connectivity index (χ0) is 16.7. The van der Waals surface area contributed by atoms with Crippen LogP contribution < -0.4 is 10.2 Å². The number of rotatable bonds is 2. The third-order valence-corrected chi connectivity index (χ3v) is 4.33. The largest absolute Gasteiger partial charge is 0.502 e. The Balaban J connectivity index is 2.32. The van der Waals surface area contributed by atoms with Crippen molar-refractivity contribution in [2.45, 2.75) is 13.8 Å². The fraction of sp³-hybridized carbons (Fsp3) is 0.167. The van der Waals surface area contributed by atoms with Crippen LogP contribution >= 0.6 is 15.9 Å². The summed E-state index contributed by atoms with van der Waals surface area (Å²) in [5, 5.41) is 10.7. The molecule has 3 rings (SSSR count). The van der Waals surface area contributed by atoms with Crippen LogP contribution in [-0.2, 0) is 0 Å². The molecule has 0 spiro atoms. The second-order valence-electron chi connectivity index (χ2n) is 5.42. The van der Waals surface area contributed by atoms with Gasteiger partial charge in [0.05, 0.1) is 17.0 Å². The van der Waals surface area contributed by atoms with Crippen LogP contribution in [0.25, 0.3) is 22.3 Å². The van der Waals surface area contributed by atoms with E-state index in [2.05, 4.69) is 15.9 Å². The Labute approximate surface area is 141 Å². The number of halogens is 1. The van der Waals surface area contributed by atoms with Crippen LogP contribution in [0.15, 0.2) is 44.0 Å². The molecule has 0 radical (unpaired) electrons. The summed E-state index contributed by atoms with van der Waals surface area (Å²) in [7, 11) is 1.57. The third kappa shape index (κ3) is 2.61. The van der Waals surface area contributed by atoms with Crippen molar-refractivity contribution < 1.29 is 14.3 Å². The smallest absolute Gasteiger partial charge is 0.235 e. The highest BCUT2D eigenvalue weighted by molar-refractivity contribution is 9.10. The number of benzene rings is 2. The molecule has 0 amide bonds. The minimum absolute atomic E-state index is 0.151. The van der Waals surface area contributed by atoms with Gasteiger partial charge in [0.1, 0.15) is 11.3 Å². The van der Waals surface area contributed by atoms with Crippen molar-refractivity contribution in [3.8, 4) is 22.8 Å². The summed E-state index contributed by atoms with van der Waals surface area (Å²) in [5.74, 6) is 0.417. The third-order valence-electron chi connectivity index (χ3n) is 3.71. The summed E-state index contributed by atoms with van der Waals surface area (Å²) in [6.45, 7) is 3.78. The van der Waals surface area contributed by atoms with E-state index in [9.17, 15) is 9.90 Å². The van der Waals surface area contributed by atoms with Gasteiger partial charge in [-0.1, -0.05) is 6.07 Å². The van der Waals surface area contributed by atoms with Crippen LogP contribution in [0.1, 0.15) is 11.1 Å². The molecule has 1 aromatic heterocycles. The fourth-order valence-electron chi connectivity index (χ4n) is 2.64. The molecule has 0 aliphatic rings. The van der Waals surface area contributed by atoms with E-state index < -0.39 is 5.43 Å². The second kappa shape index (κ2) is 5.74. The molecule has 0 aliphatic carbocycles. The van der Waals surface area contributed by atoms with Gasteiger partial charge in [0.25, 0.3) is 0 Å². The normalized spacial score (nSPS) is 11.0. The SMILES string of the molecule is COc1ccc(-c2oc3c(C)cc(C)cc3c(=O)c2O)cc1Br. The molecule has 0 atom stereocenters. The van der Waals surface area contributed by atoms with Crippen molar-refractivity contribution in [1.29, 1.82) is 0 Å². The van der Waals surface area contributed by atoms with Gasteiger partial charge in [-0.15, -0.1) is 0 Å². The molecule has 118 valence electrons. The maximum absolute atomic E-state index is 12.5. The average molecular weight is 375 g/mol. The highest BCUT2D eigenvalue weighted by Gasteiger charge is 2.17. The molecule has 0 saturated heterocycles. The van der Waals surface area contributed by atoms with E-state index in [4.69, 9.17) is 9.15 Å². The highest BCUT2D eigenvalue weighted by Crippen LogP contribution is 2.35. The summed E-state index contributed by atoms with van der Waals surface area (Å²) in [5.41, 5.74) is 2.45. The first-order valence-corrected chi connectivity index (χ1v) is 7.82. The Morgan fingerprint density at radius 3 is 2.57 bits per heavy atom. The standard InChI is InChI=1S/C18H15BrO4/c1-9-6-10(2)17-12(7-9)15(20)16(21)18(23-17)11-4-5-14(22-3)13(19)8-11/h4-8,21H,1-3H3. The summed E-state index contributed by atoms with van der Waals surface area (Å²) >= 11 is 3.39. The summed E-state index contributed by atoms with van der Waals surface area (Å²) in [6, 6.07) is 8.88. The van der Waals surface area contributed by atoms with Crippen LogP contribution in [0, 0.1) is 13.8 Å². The number of aryl methyl sites for hydroxylation is 2. The number of hydrogen-bond donors (Lipinski definition) is 1. The molecule has 0 aliphatic heterocycles. The van der Waals surface area contributed by atoms with Gasteiger partial charge in [-0.05, 0) is 65.2 Å². The van der Waals surface area contributed by atoms with E-state index in [1.807, 2.05) is 19.9 Å². The molecular formula is C18H15BrO4. The lowest BCUT2D eigenvalue weighted by molar-refractivity contribution is 0.412. The molecule has 1 N–H and O–H groups in total. The zero-order valence-electron chi connectivity index (χ0n) is 12.9. The molecular weight excluding hydrogens is 360 g/mol. The fourth-order valence-corrected chi connectivity index (χ4v) is 3.18. The zero-order valence-corrected chi connectivity index (χ0v) is 14.5. The first kappa shape index (κ1) is 15.6. The van der Waals surface area contributed by atoms with E-state index in [1.165, 1.54) is 0 Å². The lowest BCUT2D eigenvalue weighted by atomic mass is 10.1. The van der Waals surface area contributed by atoms with Gasteiger partial charge in [-0.3, -0.25) is 4.79 Å². The quantitative estimate of drug-likeness (QED) is 0.714. The number of aromatic hydroxyl groups is 1. The average Bonchev–Trinajstić information content (AvgIpc) is 2.51. The highest BCUT2D eigenvalue weighted by atomic mass is 79.9. The topological polar surface area (TPSA) is 59.7 Å². The van der Waals surface area contributed by atoms with Crippen molar-refractivity contribution in [2.24, 2.45) is 0 Å². The predicted molar refractivity (Wildman–Crippen MR) is 93.3 cm³/mol. The van der Waals surface area contributed by atoms with Crippen molar-refractivity contribution in [2.75, 3.05) is 7.11 Å². The Morgan fingerprint density at radius 2 is 1.91 bits per heavy atom. The van der Waals surface area contributed by atoms with Crippen LogP contribution in [-0.4, -0.2) is 12.2 Å². The van der Waals surface area contributed by atoms with Crippen LogP contribution in [0.5, 0.6) is 11.5 Å². The molecule has 1 heterocycles. The van der Waals surface area contributed by atoms with Crippen molar-refractivity contribution in [3.63, 3.8) is 0 Å². The molecule has 5 heteroatoms. The van der Waals surface area contributed by atoms with Gasteiger partial charge in [0.2, 0.25) is 11.2 Å². The van der Waals surface area contributed by atoms with E-state index >= 15 is 0 Å². The molecule has 2 aromatic carbocycles. The van der Waals surface area contributed by atoms with Gasteiger partial charge in [0.15, 0.2) is 5.76 Å². The number of methoxy groups -OCH3 is 1. The predicted octanol–water partition coefficient (Wildman–Crippen LogP) is 4.55. The van der Waals surface area contributed by atoms with Crippen molar-refractivity contribution >= 4 is 26.9 Å². The number of hydrogen-bond acceptors (Lipinski definition) is 4. The van der Waals surface area contributed by atoms with Gasteiger partial charge < -0.3 is 14.3 Å². The molecule has 0 saturated carbocycles. The Hall–Kier alpha value is -2.27. The molecule has 3 aromatic rings. The molecule has 0 bridgehead atoms. The first-order valence-electron chi connectivity index (χ1n) is 7.03. The first-order chi connectivity index (χ1) is 10.9. The summed E-state index contributed by atoms with van der Waals surface area (Å²) in [6.07, 6.45) is 0. The number of ether oxygens (including phenoxy) is 1. The minimum Gasteiger partial charge on any atom is -0.502 e. The maximum atomic E-state index is 12.5. The molecule has 0 fully saturated rings. The summed E-state index contributed by atoms with van der Waals surface area (Å²) in [4.78, 5) is 12.5. The van der Waals surface area contributed by atoms with Gasteiger partial charge in [-0.2, -0.15) is 0 Å².